The molecule has 1 N–H and O–H groups in total. The van der Waals surface area contributed by atoms with E-state index in [9.17, 15) is 14.7 Å². The molecule has 5 heteroatoms. The van der Waals surface area contributed by atoms with Gasteiger partial charge in [-0.05, 0) is 12.5 Å². The third-order valence-electron chi connectivity index (χ3n) is 3.64. The van der Waals surface area contributed by atoms with Crippen molar-refractivity contribution in [3.8, 4) is 5.75 Å². The number of ether oxygens (including phenoxy) is 1. The number of rotatable bonds is 3. The van der Waals surface area contributed by atoms with Crippen LogP contribution in [-0.2, 0) is 9.59 Å². The molecule has 1 aliphatic rings. The van der Waals surface area contributed by atoms with Gasteiger partial charge in [0.1, 0.15) is 5.75 Å². The van der Waals surface area contributed by atoms with Crippen molar-refractivity contribution in [2.24, 2.45) is 5.92 Å². The Balaban J connectivity index is 2.46. The summed E-state index contributed by atoms with van der Waals surface area (Å²) in [6.45, 7) is 0. The normalized spacial score (nSPS) is 23.3. The molecule has 2 rings (SSSR count). The van der Waals surface area contributed by atoms with E-state index >= 15 is 0 Å². The second-order valence-electron chi connectivity index (χ2n) is 4.67. The van der Waals surface area contributed by atoms with Crippen LogP contribution in [0.4, 0.5) is 0 Å². The number of hydrogen-bond donors (Lipinski definition) is 1. The minimum absolute atomic E-state index is 0.0339. The van der Waals surface area contributed by atoms with Gasteiger partial charge in [-0.2, -0.15) is 0 Å². The van der Waals surface area contributed by atoms with Gasteiger partial charge in [-0.25, -0.2) is 0 Å². The minimum Gasteiger partial charge on any atom is -0.496 e. The van der Waals surface area contributed by atoms with E-state index in [-0.39, 0.29) is 12.3 Å². The Labute approximate surface area is 111 Å². The van der Waals surface area contributed by atoms with Gasteiger partial charge in [0.25, 0.3) is 0 Å². The largest absolute Gasteiger partial charge is 0.496 e. The quantitative estimate of drug-likeness (QED) is 0.901. The Morgan fingerprint density at radius 1 is 1.42 bits per heavy atom. The van der Waals surface area contributed by atoms with Crippen LogP contribution in [-0.4, -0.2) is 36.0 Å². The zero-order chi connectivity index (χ0) is 14.0. The van der Waals surface area contributed by atoms with E-state index in [4.69, 9.17) is 4.74 Å². The molecule has 1 aromatic rings. The summed E-state index contributed by atoms with van der Waals surface area (Å²) >= 11 is 0. The lowest BCUT2D eigenvalue weighted by atomic mass is 9.84. The summed E-state index contributed by atoms with van der Waals surface area (Å²) in [5.74, 6) is -0.900. The van der Waals surface area contributed by atoms with Gasteiger partial charge in [-0.3, -0.25) is 9.59 Å². The summed E-state index contributed by atoms with van der Waals surface area (Å²) < 4.78 is 5.28. The molecule has 1 amide bonds. The SMILES string of the molecule is COc1ccccc1[C@H]1[C@@H](C(=O)O)CCC(=O)N1C. The standard InChI is InChI=1S/C14H17NO4/c1-15-12(16)8-7-10(14(17)18)13(15)9-5-3-4-6-11(9)19-2/h3-6,10,13H,7-8H2,1-2H3,(H,17,18)/t10-,13-/m0/s1. The van der Waals surface area contributed by atoms with Crippen LogP contribution in [0.2, 0.25) is 0 Å². The molecule has 2 atom stereocenters. The number of carboxylic acids is 1. The predicted molar refractivity (Wildman–Crippen MR) is 68.9 cm³/mol. The fraction of sp³-hybridized carbons (Fsp3) is 0.429. The molecule has 1 heterocycles. The number of piperidine rings is 1. The van der Waals surface area contributed by atoms with E-state index in [0.29, 0.717) is 12.2 Å². The molecule has 1 aliphatic heterocycles. The van der Waals surface area contributed by atoms with Crippen molar-refractivity contribution in [3.05, 3.63) is 29.8 Å². The molecular weight excluding hydrogens is 246 g/mol. The van der Waals surface area contributed by atoms with Crippen molar-refractivity contribution in [2.75, 3.05) is 14.2 Å². The van der Waals surface area contributed by atoms with Gasteiger partial charge in [-0.1, -0.05) is 18.2 Å². The average molecular weight is 263 g/mol. The van der Waals surface area contributed by atoms with Crippen LogP contribution in [0.3, 0.4) is 0 Å². The Hall–Kier alpha value is -2.04. The molecule has 0 unspecified atom stereocenters. The third-order valence-corrected chi connectivity index (χ3v) is 3.64. The molecule has 0 aromatic heterocycles. The zero-order valence-electron chi connectivity index (χ0n) is 11.0. The van der Waals surface area contributed by atoms with Gasteiger partial charge < -0.3 is 14.7 Å². The van der Waals surface area contributed by atoms with Crippen molar-refractivity contribution in [1.82, 2.24) is 4.90 Å². The number of amides is 1. The van der Waals surface area contributed by atoms with Crippen molar-refractivity contribution in [2.45, 2.75) is 18.9 Å². The van der Waals surface area contributed by atoms with E-state index in [0.717, 1.165) is 5.56 Å². The van der Waals surface area contributed by atoms with E-state index in [1.165, 1.54) is 4.90 Å². The maximum absolute atomic E-state index is 11.8. The summed E-state index contributed by atoms with van der Waals surface area (Å²) in [7, 11) is 3.19. The first kappa shape index (κ1) is 13.4. The zero-order valence-corrected chi connectivity index (χ0v) is 11.0. The maximum atomic E-state index is 11.8. The van der Waals surface area contributed by atoms with Crippen molar-refractivity contribution in [3.63, 3.8) is 0 Å². The molecule has 1 fully saturated rings. The number of nitrogens with zero attached hydrogens (tertiary/aromatic N) is 1. The number of carbonyl (C=O) groups is 2. The smallest absolute Gasteiger partial charge is 0.308 e. The van der Waals surface area contributed by atoms with Crippen LogP contribution in [0.15, 0.2) is 24.3 Å². The van der Waals surface area contributed by atoms with Crippen molar-refractivity contribution >= 4 is 11.9 Å². The van der Waals surface area contributed by atoms with Gasteiger partial charge in [0, 0.05) is 19.0 Å². The lowest BCUT2D eigenvalue weighted by molar-refractivity contribution is -0.150. The third kappa shape index (κ3) is 2.41. The number of benzene rings is 1. The molecular formula is C14H17NO4. The van der Waals surface area contributed by atoms with Crippen LogP contribution in [0.5, 0.6) is 5.75 Å². The van der Waals surface area contributed by atoms with Crippen LogP contribution in [0.1, 0.15) is 24.4 Å². The summed E-state index contributed by atoms with van der Waals surface area (Å²) in [5, 5.41) is 9.36. The summed E-state index contributed by atoms with van der Waals surface area (Å²) in [6, 6.07) is 6.76. The van der Waals surface area contributed by atoms with Gasteiger partial charge in [-0.15, -0.1) is 0 Å². The maximum Gasteiger partial charge on any atom is 0.308 e. The molecule has 1 aromatic carbocycles. The molecule has 0 spiro atoms. The van der Waals surface area contributed by atoms with E-state index in [2.05, 4.69) is 0 Å². The molecule has 102 valence electrons. The van der Waals surface area contributed by atoms with Crippen LogP contribution in [0, 0.1) is 5.92 Å². The van der Waals surface area contributed by atoms with E-state index in [1.807, 2.05) is 18.2 Å². The number of aliphatic carboxylic acids is 1. The first-order valence-corrected chi connectivity index (χ1v) is 6.17. The lowest BCUT2D eigenvalue weighted by Gasteiger charge is -2.37. The summed E-state index contributed by atoms with van der Waals surface area (Å²) in [6.07, 6.45) is 0.639. The van der Waals surface area contributed by atoms with Crippen molar-refractivity contribution < 1.29 is 19.4 Å². The van der Waals surface area contributed by atoms with Gasteiger partial charge >= 0.3 is 5.97 Å². The topological polar surface area (TPSA) is 66.8 Å². The highest BCUT2D eigenvalue weighted by atomic mass is 16.5. The summed E-state index contributed by atoms with van der Waals surface area (Å²) in [4.78, 5) is 24.8. The fourth-order valence-corrected chi connectivity index (χ4v) is 2.63. The highest BCUT2D eigenvalue weighted by Gasteiger charge is 2.40. The number of para-hydroxylation sites is 1. The molecule has 0 bridgehead atoms. The monoisotopic (exact) mass is 263 g/mol. The Morgan fingerprint density at radius 2 is 2.11 bits per heavy atom. The second kappa shape index (κ2) is 5.30. The van der Waals surface area contributed by atoms with Gasteiger partial charge in [0.15, 0.2) is 0 Å². The lowest BCUT2D eigenvalue weighted by Crippen LogP contribution is -2.43. The van der Waals surface area contributed by atoms with Crippen LogP contribution < -0.4 is 4.74 Å². The first-order chi connectivity index (χ1) is 9.06. The number of likely N-dealkylation sites (tertiary alicyclic amines) is 1. The molecule has 0 saturated carbocycles. The van der Waals surface area contributed by atoms with Crippen molar-refractivity contribution in [1.29, 1.82) is 0 Å². The molecule has 0 aliphatic carbocycles. The van der Waals surface area contributed by atoms with Gasteiger partial charge in [0.05, 0.1) is 19.1 Å². The average Bonchev–Trinajstić information content (AvgIpc) is 2.41. The van der Waals surface area contributed by atoms with E-state index < -0.39 is 17.9 Å². The molecule has 0 radical (unpaired) electrons. The fourth-order valence-electron chi connectivity index (χ4n) is 2.63. The Kier molecular flexibility index (Phi) is 3.74. The number of carboxylic acid groups (broad SMARTS) is 1. The minimum atomic E-state index is -0.879. The number of carbonyl (C=O) groups excluding carboxylic acids is 1. The summed E-state index contributed by atoms with van der Waals surface area (Å²) in [5.41, 5.74) is 0.743. The number of methoxy groups -OCH3 is 1. The highest BCUT2D eigenvalue weighted by Crippen LogP contribution is 2.39. The highest BCUT2D eigenvalue weighted by molar-refractivity contribution is 5.81. The Morgan fingerprint density at radius 3 is 2.74 bits per heavy atom. The van der Waals surface area contributed by atoms with Crippen LogP contribution in [0.25, 0.3) is 0 Å². The second-order valence-corrected chi connectivity index (χ2v) is 4.67. The molecule has 5 nitrogen and oxygen atoms in total. The van der Waals surface area contributed by atoms with E-state index in [1.54, 1.807) is 20.2 Å². The first-order valence-electron chi connectivity index (χ1n) is 6.17. The molecule has 1 saturated heterocycles. The Bertz CT molecular complexity index is 500. The predicted octanol–water partition coefficient (Wildman–Crippen LogP) is 1.69. The molecule has 19 heavy (non-hydrogen) atoms. The van der Waals surface area contributed by atoms with Crippen LogP contribution >= 0.6 is 0 Å². The van der Waals surface area contributed by atoms with Gasteiger partial charge in [0.2, 0.25) is 5.91 Å². The number of hydrogen-bond acceptors (Lipinski definition) is 3.